The molecule has 0 amide bonds. The van der Waals surface area contributed by atoms with Gasteiger partial charge in [0.25, 0.3) is 0 Å². The molecule has 22 heavy (non-hydrogen) atoms. The number of hydrogen-bond acceptors (Lipinski definition) is 3. The van der Waals surface area contributed by atoms with Gasteiger partial charge < -0.3 is 15.3 Å². The molecule has 0 aliphatic carbocycles. The maximum absolute atomic E-state index is 10.4. The second-order valence-corrected chi connectivity index (χ2v) is 6.52. The lowest BCUT2D eigenvalue weighted by Crippen LogP contribution is -2.27. The number of carboxylic acid groups (broad SMARTS) is 1. The van der Waals surface area contributed by atoms with E-state index in [1.807, 2.05) is 0 Å². The molecule has 0 radical (unpaired) electrons. The highest BCUT2D eigenvalue weighted by Crippen LogP contribution is 2.20. The van der Waals surface area contributed by atoms with Gasteiger partial charge in [0, 0.05) is 19.3 Å². The summed E-state index contributed by atoms with van der Waals surface area (Å²) in [6, 6.07) is 0. The van der Waals surface area contributed by atoms with E-state index < -0.39 is 11.8 Å². The molecule has 0 aromatic carbocycles. The number of unbranched alkanes of at least 4 members (excludes halogenated alkanes) is 10. The number of rotatable bonds is 16. The normalized spacial score (nSPS) is 11.8. The van der Waals surface area contributed by atoms with Crippen LogP contribution < -0.4 is 0 Å². The summed E-state index contributed by atoms with van der Waals surface area (Å²) >= 11 is 0. The lowest BCUT2D eigenvalue weighted by atomic mass is 9.99. The van der Waals surface area contributed by atoms with Crippen LogP contribution in [0, 0.1) is 0 Å². The molecule has 0 saturated carbocycles. The molecule has 0 aromatic rings. The highest BCUT2D eigenvalue weighted by atomic mass is 16.5. The second kappa shape index (κ2) is 14.0. The molecule has 0 spiro atoms. The summed E-state index contributed by atoms with van der Waals surface area (Å²) in [7, 11) is 0. The van der Waals surface area contributed by atoms with Crippen molar-refractivity contribution in [2.45, 2.75) is 109 Å². The molecule has 0 unspecified atom stereocenters. The van der Waals surface area contributed by atoms with Crippen LogP contribution >= 0.6 is 0 Å². The van der Waals surface area contributed by atoms with Crippen LogP contribution in [-0.2, 0) is 4.79 Å². The van der Waals surface area contributed by atoms with Crippen LogP contribution in [-0.4, -0.2) is 27.1 Å². The van der Waals surface area contributed by atoms with Crippen molar-refractivity contribution in [2.75, 3.05) is 0 Å². The van der Waals surface area contributed by atoms with Gasteiger partial charge in [-0.15, -0.1) is 0 Å². The van der Waals surface area contributed by atoms with Crippen LogP contribution in [0.3, 0.4) is 0 Å². The molecule has 0 atom stereocenters. The van der Waals surface area contributed by atoms with Crippen molar-refractivity contribution in [1.82, 2.24) is 0 Å². The van der Waals surface area contributed by atoms with E-state index >= 15 is 0 Å². The Kier molecular flexibility index (Phi) is 13.6. The van der Waals surface area contributed by atoms with Crippen molar-refractivity contribution < 1.29 is 20.1 Å². The SMILES string of the molecule is CCCCCCCCCCCCC(O)(O)CCCCC(=O)O. The number of hydrogen-bond donors (Lipinski definition) is 3. The van der Waals surface area contributed by atoms with Crippen molar-refractivity contribution >= 4 is 5.97 Å². The number of aliphatic carboxylic acids is 1. The molecule has 0 rings (SSSR count). The van der Waals surface area contributed by atoms with Crippen LogP contribution in [0.2, 0.25) is 0 Å². The third-order valence-electron chi connectivity index (χ3n) is 4.15. The fraction of sp³-hybridized carbons (Fsp3) is 0.944. The van der Waals surface area contributed by atoms with E-state index in [1.54, 1.807) is 0 Å². The predicted molar refractivity (Wildman–Crippen MR) is 89.7 cm³/mol. The zero-order valence-electron chi connectivity index (χ0n) is 14.4. The fourth-order valence-corrected chi connectivity index (χ4v) is 2.70. The molecule has 0 bridgehead atoms. The van der Waals surface area contributed by atoms with Gasteiger partial charge in [0.15, 0.2) is 5.79 Å². The largest absolute Gasteiger partial charge is 0.481 e. The van der Waals surface area contributed by atoms with Gasteiger partial charge in [-0.25, -0.2) is 0 Å². The molecule has 0 aliphatic heterocycles. The van der Waals surface area contributed by atoms with Crippen LogP contribution in [0.1, 0.15) is 103 Å². The Bertz CT molecular complexity index is 264. The van der Waals surface area contributed by atoms with Crippen molar-refractivity contribution in [3.8, 4) is 0 Å². The Morgan fingerprint density at radius 1 is 0.727 bits per heavy atom. The second-order valence-electron chi connectivity index (χ2n) is 6.52. The zero-order valence-corrected chi connectivity index (χ0v) is 14.4. The highest BCUT2D eigenvalue weighted by molar-refractivity contribution is 5.66. The van der Waals surface area contributed by atoms with Gasteiger partial charge >= 0.3 is 5.97 Å². The summed E-state index contributed by atoms with van der Waals surface area (Å²) in [5, 5.41) is 28.1. The topological polar surface area (TPSA) is 77.8 Å². The smallest absolute Gasteiger partial charge is 0.303 e. The lowest BCUT2D eigenvalue weighted by Gasteiger charge is -2.21. The van der Waals surface area contributed by atoms with Gasteiger partial charge in [-0.05, 0) is 19.3 Å². The van der Waals surface area contributed by atoms with Crippen molar-refractivity contribution in [3.63, 3.8) is 0 Å². The van der Waals surface area contributed by atoms with Gasteiger partial charge in [-0.2, -0.15) is 0 Å². The molecule has 0 aliphatic rings. The molecule has 4 nitrogen and oxygen atoms in total. The third kappa shape index (κ3) is 15.8. The first kappa shape index (κ1) is 21.4. The molecule has 0 fully saturated rings. The first-order valence-corrected chi connectivity index (χ1v) is 9.14. The maximum Gasteiger partial charge on any atom is 0.303 e. The Balaban J connectivity index is 3.35. The molecule has 0 heterocycles. The molecule has 132 valence electrons. The van der Waals surface area contributed by atoms with E-state index in [-0.39, 0.29) is 12.8 Å². The quantitative estimate of drug-likeness (QED) is 0.287. The molecular weight excluding hydrogens is 280 g/mol. The minimum atomic E-state index is -1.61. The standard InChI is InChI=1S/C18H36O4/c1-2-3-4-5-6-7-8-9-10-12-15-18(21,22)16-13-11-14-17(19)20/h21-22H,2-16H2,1H3,(H,19,20). The molecular formula is C18H36O4. The Morgan fingerprint density at radius 2 is 1.14 bits per heavy atom. The molecule has 4 heteroatoms. The van der Waals surface area contributed by atoms with Crippen molar-refractivity contribution in [3.05, 3.63) is 0 Å². The van der Waals surface area contributed by atoms with Crippen LogP contribution in [0.15, 0.2) is 0 Å². The minimum absolute atomic E-state index is 0.105. The van der Waals surface area contributed by atoms with Gasteiger partial charge in [-0.1, -0.05) is 64.7 Å². The molecule has 0 saturated heterocycles. The van der Waals surface area contributed by atoms with Gasteiger partial charge in [0.05, 0.1) is 0 Å². The first-order valence-electron chi connectivity index (χ1n) is 9.14. The van der Waals surface area contributed by atoms with Gasteiger partial charge in [0.2, 0.25) is 0 Å². The minimum Gasteiger partial charge on any atom is -0.481 e. The third-order valence-corrected chi connectivity index (χ3v) is 4.15. The van der Waals surface area contributed by atoms with E-state index in [1.165, 1.54) is 51.4 Å². The average molecular weight is 316 g/mol. The Morgan fingerprint density at radius 3 is 1.59 bits per heavy atom. The highest BCUT2D eigenvalue weighted by Gasteiger charge is 2.21. The predicted octanol–water partition coefficient (Wildman–Crippen LogP) is 4.62. The Hall–Kier alpha value is -0.610. The average Bonchev–Trinajstić information content (AvgIpc) is 2.45. The van der Waals surface area contributed by atoms with Gasteiger partial charge in [0.1, 0.15) is 0 Å². The zero-order chi connectivity index (χ0) is 16.7. The van der Waals surface area contributed by atoms with E-state index in [0.717, 1.165) is 12.8 Å². The van der Waals surface area contributed by atoms with E-state index in [9.17, 15) is 15.0 Å². The Labute approximate surface area is 135 Å². The monoisotopic (exact) mass is 316 g/mol. The summed E-state index contributed by atoms with van der Waals surface area (Å²) in [6.07, 6.45) is 14.1. The molecule has 3 N–H and O–H groups in total. The summed E-state index contributed by atoms with van der Waals surface area (Å²) in [5.74, 6) is -2.44. The van der Waals surface area contributed by atoms with Crippen molar-refractivity contribution in [2.24, 2.45) is 0 Å². The van der Waals surface area contributed by atoms with Crippen LogP contribution in [0.5, 0.6) is 0 Å². The van der Waals surface area contributed by atoms with Crippen molar-refractivity contribution in [1.29, 1.82) is 0 Å². The summed E-state index contributed by atoms with van der Waals surface area (Å²) in [6.45, 7) is 2.23. The summed E-state index contributed by atoms with van der Waals surface area (Å²) < 4.78 is 0. The van der Waals surface area contributed by atoms with E-state index in [4.69, 9.17) is 5.11 Å². The maximum atomic E-state index is 10.4. The number of carbonyl (C=O) groups is 1. The van der Waals surface area contributed by atoms with E-state index in [0.29, 0.717) is 19.3 Å². The van der Waals surface area contributed by atoms with Gasteiger partial charge in [-0.3, -0.25) is 4.79 Å². The summed E-state index contributed by atoms with van der Waals surface area (Å²) in [5.41, 5.74) is 0. The fourth-order valence-electron chi connectivity index (χ4n) is 2.70. The number of aliphatic hydroxyl groups is 2. The summed E-state index contributed by atoms with van der Waals surface area (Å²) in [4.78, 5) is 10.4. The van der Waals surface area contributed by atoms with Crippen LogP contribution in [0.25, 0.3) is 0 Å². The lowest BCUT2D eigenvalue weighted by molar-refractivity contribution is -0.172. The van der Waals surface area contributed by atoms with Crippen LogP contribution in [0.4, 0.5) is 0 Å². The number of carboxylic acids is 1. The first-order chi connectivity index (χ1) is 10.5. The molecule has 0 aromatic heterocycles. The van der Waals surface area contributed by atoms with E-state index in [2.05, 4.69) is 6.92 Å².